The number of pyridine rings is 1. The largest absolute Gasteiger partial charge is 0.444 e. The molecule has 19 heavy (non-hydrogen) atoms. The summed E-state index contributed by atoms with van der Waals surface area (Å²) >= 11 is 0. The number of likely N-dealkylation sites (tertiary alicyclic amines) is 1. The minimum atomic E-state index is -0.488. The lowest BCUT2D eigenvalue weighted by Gasteiger charge is -2.40. The summed E-state index contributed by atoms with van der Waals surface area (Å²) in [5.74, 6) is -0.149. The molecule has 1 amide bonds. The number of hydrogen-bond donors (Lipinski definition) is 0. The number of carbonyl (C=O) groups is 1. The lowest BCUT2D eigenvalue weighted by Crippen LogP contribution is -2.50. The molecule has 0 atom stereocenters. The lowest BCUT2D eigenvalue weighted by atomic mass is 9.90. The number of aromatic nitrogens is 1. The third kappa shape index (κ3) is 3.03. The van der Waals surface area contributed by atoms with Gasteiger partial charge in [0.05, 0.1) is 6.20 Å². The molecule has 0 unspecified atom stereocenters. The van der Waals surface area contributed by atoms with Gasteiger partial charge >= 0.3 is 6.09 Å². The summed E-state index contributed by atoms with van der Waals surface area (Å²) in [5, 5.41) is 0. The van der Waals surface area contributed by atoms with Gasteiger partial charge in [-0.1, -0.05) is 0 Å². The molecule has 2 rings (SSSR count). The smallest absolute Gasteiger partial charge is 0.410 e. The van der Waals surface area contributed by atoms with Crippen LogP contribution < -0.4 is 0 Å². The third-order valence-electron chi connectivity index (χ3n) is 3.17. The van der Waals surface area contributed by atoms with Crippen LogP contribution in [0.5, 0.6) is 0 Å². The van der Waals surface area contributed by atoms with E-state index in [1.54, 1.807) is 18.0 Å². The summed E-state index contributed by atoms with van der Waals surface area (Å²) in [6.45, 7) is 8.36. The van der Waals surface area contributed by atoms with Crippen LogP contribution in [-0.2, 0) is 4.74 Å². The van der Waals surface area contributed by atoms with Crippen molar-refractivity contribution in [2.45, 2.75) is 39.2 Å². The zero-order valence-corrected chi connectivity index (χ0v) is 11.7. The first-order valence-electron chi connectivity index (χ1n) is 6.36. The topological polar surface area (TPSA) is 42.4 Å². The predicted octanol–water partition coefficient (Wildman–Crippen LogP) is 2.86. The summed E-state index contributed by atoms with van der Waals surface area (Å²) in [7, 11) is 0. The van der Waals surface area contributed by atoms with E-state index < -0.39 is 5.60 Å². The van der Waals surface area contributed by atoms with Crippen LogP contribution in [0.2, 0.25) is 0 Å². The molecule has 1 aliphatic rings. The lowest BCUT2D eigenvalue weighted by molar-refractivity contribution is 0.00809. The second kappa shape index (κ2) is 4.79. The van der Waals surface area contributed by atoms with E-state index in [4.69, 9.17) is 4.74 Å². The molecule has 1 aromatic heterocycles. The number of rotatable bonds is 1. The zero-order chi connectivity index (χ0) is 14.2. The second-order valence-corrected chi connectivity index (χ2v) is 5.92. The van der Waals surface area contributed by atoms with E-state index in [2.05, 4.69) is 4.98 Å². The summed E-state index contributed by atoms with van der Waals surface area (Å²) in [6.07, 6.45) is 2.57. The van der Waals surface area contributed by atoms with Gasteiger partial charge in [-0.05, 0) is 38.8 Å². The molecule has 0 spiro atoms. The minimum absolute atomic E-state index is 0.149. The van der Waals surface area contributed by atoms with Gasteiger partial charge < -0.3 is 9.64 Å². The maximum Gasteiger partial charge on any atom is 0.410 e. The fourth-order valence-electron chi connectivity index (χ4n) is 2.08. The van der Waals surface area contributed by atoms with Gasteiger partial charge in [0.15, 0.2) is 0 Å². The molecule has 0 aliphatic carbocycles. The molecule has 0 radical (unpaired) electrons. The van der Waals surface area contributed by atoms with E-state index >= 15 is 0 Å². The van der Waals surface area contributed by atoms with Crippen molar-refractivity contribution in [2.24, 2.45) is 0 Å². The Labute approximate surface area is 112 Å². The first kappa shape index (κ1) is 13.8. The van der Waals surface area contributed by atoms with Gasteiger partial charge in [-0.2, -0.15) is 0 Å². The summed E-state index contributed by atoms with van der Waals surface area (Å²) in [4.78, 5) is 17.3. The van der Waals surface area contributed by atoms with Gasteiger partial charge in [-0.25, -0.2) is 9.18 Å². The van der Waals surface area contributed by atoms with Crippen LogP contribution in [0.15, 0.2) is 12.4 Å². The Bertz CT molecular complexity index is 491. The number of carbonyl (C=O) groups excluding carboxylic acids is 1. The molecular formula is C14H19FN2O2. The van der Waals surface area contributed by atoms with Crippen molar-refractivity contribution in [3.05, 3.63) is 29.3 Å². The Balaban J connectivity index is 1.96. The second-order valence-electron chi connectivity index (χ2n) is 5.92. The molecule has 0 N–H and O–H groups in total. The van der Waals surface area contributed by atoms with Crippen LogP contribution in [0.25, 0.3) is 0 Å². The maximum absolute atomic E-state index is 13.4. The molecule has 4 nitrogen and oxygen atoms in total. The average Bonchev–Trinajstić information content (AvgIpc) is 2.19. The highest BCUT2D eigenvalue weighted by atomic mass is 19.1. The van der Waals surface area contributed by atoms with Crippen molar-refractivity contribution in [3.63, 3.8) is 0 Å². The Hall–Kier alpha value is -1.65. The SMILES string of the molecule is Cc1c(F)cncc1C1CN(C(=O)OC(C)(C)C)C1. The predicted molar refractivity (Wildman–Crippen MR) is 69.5 cm³/mol. The quantitative estimate of drug-likeness (QED) is 0.785. The van der Waals surface area contributed by atoms with Gasteiger partial charge in [-0.3, -0.25) is 4.98 Å². The number of ether oxygens (including phenoxy) is 1. The van der Waals surface area contributed by atoms with Crippen molar-refractivity contribution in [3.8, 4) is 0 Å². The van der Waals surface area contributed by atoms with Crippen molar-refractivity contribution < 1.29 is 13.9 Å². The maximum atomic E-state index is 13.4. The van der Waals surface area contributed by atoms with Crippen molar-refractivity contribution in [1.82, 2.24) is 9.88 Å². The fourth-order valence-corrected chi connectivity index (χ4v) is 2.08. The van der Waals surface area contributed by atoms with Gasteiger partial charge in [0.25, 0.3) is 0 Å². The van der Waals surface area contributed by atoms with E-state index in [0.717, 1.165) is 5.56 Å². The van der Waals surface area contributed by atoms with Gasteiger partial charge in [0.1, 0.15) is 11.4 Å². The Kier molecular flexibility index (Phi) is 3.47. The van der Waals surface area contributed by atoms with Crippen LogP contribution in [0.1, 0.15) is 37.8 Å². The van der Waals surface area contributed by atoms with Crippen LogP contribution in [0.4, 0.5) is 9.18 Å². The number of amides is 1. The molecule has 0 aromatic carbocycles. The van der Waals surface area contributed by atoms with Crippen LogP contribution in [0.3, 0.4) is 0 Å². The van der Waals surface area contributed by atoms with E-state index in [0.29, 0.717) is 18.7 Å². The van der Waals surface area contributed by atoms with Crippen LogP contribution >= 0.6 is 0 Å². The molecule has 1 saturated heterocycles. The Morgan fingerprint density at radius 1 is 1.42 bits per heavy atom. The fraction of sp³-hybridized carbons (Fsp3) is 0.571. The normalized spacial score (nSPS) is 16.2. The average molecular weight is 266 g/mol. The molecule has 1 fully saturated rings. The van der Waals surface area contributed by atoms with Crippen molar-refractivity contribution >= 4 is 6.09 Å². The first-order chi connectivity index (χ1) is 8.78. The Morgan fingerprint density at radius 3 is 2.63 bits per heavy atom. The van der Waals surface area contributed by atoms with E-state index in [-0.39, 0.29) is 17.8 Å². The minimum Gasteiger partial charge on any atom is -0.444 e. The highest BCUT2D eigenvalue weighted by Gasteiger charge is 2.35. The molecule has 104 valence electrons. The monoisotopic (exact) mass is 266 g/mol. The summed E-state index contributed by atoms with van der Waals surface area (Å²) < 4.78 is 18.7. The van der Waals surface area contributed by atoms with Crippen molar-refractivity contribution in [1.29, 1.82) is 0 Å². The van der Waals surface area contributed by atoms with Crippen LogP contribution in [-0.4, -0.2) is 34.7 Å². The standard InChI is InChI=1S/C14H19FN2O2/c1-9-11(5-16-6-12(9)15)10-7-17(8-10)13(18)19-14(2,3)4/h5-6,10H,7-8H2,1-4H3. The van der Waals surface area contributed by atoms with Gasteiger partial charge in [0.2, 0.25) is 0 Å². The highest BCUT2D eigenvalue weighted by Crippen LogP contribution is 2.30. The summed E-state index contributed by atoms with van der Waals surface area (Å²) in [5.41, 5.74) is 1.00. The Morgan fingerprint density at radius 2 is 2.05 bits per heavy atom. The van der Waals surface area contributed by atoms with Gasteiger partial charge in [0, 0.05) is 25.2 Å². The summed E-state index contributed by atoms with van der Waals surface area (Å²) in [6, 6.07) is 0. The first-order valence-corrected chi connectivity index (χ1v) is 6.36. The van der Waals surface area contributed by atoms with Gasteiger partial charge in [-0.15, -0.1) is 0 Å². The molecule has 0 saturated carbocycles. The number of halogens is 1. The molecule has 0 bridgehead atoms. The number of nitrogens with zero attached hydrogens (tertiary/aromatic N) is 2. The van der Waals surface area contributed by atoms with Crippen LogP contribution in [0, 0.1) is 12.7 Å². The van der Waals surface area contributed by atoms with Crippen molar-refractivity contribution in [2.75, 3.05) is 13.1 Å². The molecule has 1 aliphatic heterocycles. The van der Waals surface area contributed by atoms with E-state index in [9.17, 15) is 9.18 Å². The highest BCUT2D eigenvalue weighted by molar-refractivity contribution is 5.69. The zero-order valence-electron chi connectivity index (χ0n) is 11.7. The molecular weight excluding hydrogens is 247 g/mol. The molecule has 1 aromatic rings. The van der Waals surface area contributed by atoms with E-state index in [1.165, 1.54) is 6.20 Å². The molecule has 5 heteroatoms. The molecule has 2 heterocycles. The van der Waals surface area contributed by atoms with E-state index in [1.807, 2.05) is 20.8 Å². The third-order valence-corrected chi connectivity index (χ3v) is 3.17. The number of hydrogen-bond acceptors (Lipinski definition) is 3.